The molecule has 96 valence electrons. The Morgan fingerprint density at radius 1 is 1.18 bits per heavy atom. The van der Waals surface area contributed by atoms with Gasteiger partial charge in [-0.2, -0.15) is 0 Å². The molecule has 0 spiro atoms. The highest BCUT2D eigenvalue weighted by molar-refractivity contribution is 5.84. The van der Waals surface area contributed by atoms with E-state index in [9.17, 15) is 9.59 Å². The summed E-state index contributed by atoms with van der Waals surface area (Å²) in [5, 5.41) is 0. The fourth-order valence-corrected chi connectivity index (χ4v) is 2.72. The Bertz CT molecular complexity index is 298. The molecule has 0 aromatic carbocycles. The fourth-order valence-electron chi connectivity index (χ4n) is 2.72. The van der Waals surface area contributed by atoms with Crippen molar-refractivity contribution in [1.29, 1.82) is 0 Å². The number of rotatable bonds is 1. The third-order valence-corrected chi connectivity index (χ3v) is 3.91. The molecule has 0 aromatic heterocycles. The average molecular weight is 238 g/mol. The van der Waals surface area contributed by atoms with Gasteiger partial charge in [0.25, 0.3) is 0 Å². The maximum atomic E-state index is 12.3. The summed E-state index contributed by atoms with van der Waals surface area (Å²) < 4.78 is 0. The number of carbonyl (C=O) groups is 2. The molecule has 0 saturated carbocycles. The minimum atomic E-state index is 0.0671. The summed E-state index contributed by atoms with van der Waals surface area (Å²) in [7, 11) is 0. The lowest BCUT2D eigenvalue weighted by Crippen LogP contribution is -2.50. The third-order valence-electron chi connectivity index (χ3n) is 3.91. The van der Waals surface area contributed by atoms with Crippen molar-refractivity contribution in [2.45, 2.75) is 39.0 Å². The molecule has 0 aliphatic carbocycles. The fraction of sp³-hybridized carbons (Fsp3) is 0.846. The molecule has 0 aromatic rings. The predicted molar refractivity (Wildman–Crippen MR) is 65.8 cm³/mol. The molecule has 4 heteroatoms. The molecule has 1 atom stereocenters. The highest BCUT2D eigenvalue weighted by atomic mass is 16.2. The minimum Gasteiger partial charge on any atom is -0.325 e. The van der Waals surface area contributed by atoms with Crippen molar-refractivity contribution in [3.05, 3.63) is 0 Å². The van der Waals surface area contributed by atoms with Gasteiger partial charge in [-0.1, -0.05) is 6.92 Å². The van der Waals surface area contributed by atoms with Crippen LogP contribution in [-0.2, 0) is 4.79 Å². The van der Waals surface area contributed by atoms with Crippen molar-refractivity contribution in [2.24, 2.45) is 5.92 Å². The smallest absolute Gasteiger partial charge is 0.320 e. The van der Waals surface area contributed by atoms with E-state index in [1.807, 2.05) is 16.7 Å². The molecule has 2 heterocycles. The molecule has 1 unspecified atom stereocenters. The van der Waals surface area contributed by atoms with Gasteiger partial charge in [-0.05, 0) is 25.7 Å². The van der Waals surface area contributed by atoms with Crippen LogP contribution in [0, 0.1) is 5.92 Å². The first-order chi connectivity index (χ1) is 8.22. The predicted octanol–water partition coefficient (Wildman–Crippen LogP) is 1.89. The molecule has 17 heavy (non-hydrogen) atoms. The second-order valence-electron chi connectivity index (χ2n) is 5.10. The van der Waals surface area contributed by atoms with E-state index in [0.717, 1.165) is 32.4 Å². The largest absolute Gasteiger partial charge is 0.325 e. The van der Waals surface area contributed by atoms with E-state index >= 15 is 0 Å². The minimum absolute atomic E-state index is 0.0671. The molecule has 0 radical (unpaired) electrons. The molecular weight excluding hydrogens is 216 g/mol. The molecule has 2 fully saturated rings. The number of Topliss-reactive ketones (excluding diaryl/α,β-unsaturated/α-hetero) is 1. The van der Waals surface area contributed by atoms with E-state index in [1.54, 1.807) is 0 Å². The summed E-state index contributed by atoms with van der Waals surface area (Å²) in [6.07, 6.45) is 4.87. The Hall–Kier alpha value is -1.06. The van der Waals surface area contributed by atoms with Crippen molar-refractivity contribution in [2.75, 3.05) is 26.2 Å². The molecule has 2 rings (SSSR count). The van der Waals surface area contributed by atoms with Gasteiger partial charge in [0.1, 0.15) is 5.78 Å². The summed E-state index contributed by atoms with van der Waals surface area (Å²) >= 11 is 0. The van der Waals surface area contributed by atoms with E-state index in [2.05, 4.69) is 0 Å². The molecule has 0 bridgehead atoms. The van der Waals surface area contributed by atoms with E-state index in [-0.39, 0.29) is 11.9 Å². The van der Waals surface area contributed by atoms with E-state index in [0.29, 0.717) is 25.3 Å². The van der Waals surface area contributed by atoms with Crippen molar-refractivity contribution in [3.63, 3.8) is 0 Å². The summed E-state index contributed by atoms with van der Waals surface area (Å²) in [5.41, 5.74) is 0. The number of ketones is 1. The second kappa shape index (κ2) is 5.52. The van der Waals surface area contributed by atoms with Crippen LogP contribution in [0.4, 0.5) is 4.79 Å². The Morgan fingerprint density at radius 3 is 2.53 bits per heavy atom. The number of urea groups is 1. The van der Waals surface area contributed by atoms with E-state index in [1.165, 1.54) is 6.42 Å². The number of hydrogen-bond donors (Lipinski definition) is 0. The van der Waals surface area contributed by atoms with Crippen molar-refractivity contribution in [1.82, 2.24) is 9.80 Å². The molecule has 0 N–H and O–H groups in total. The lowest BCUT2D eigenvalue weighted by molar-refractivity contribution is -0.125. The summed E-state index contributed by atoms with van der Waals surface area (Å²) in [6, 6.07) is 0.149. The van der Waals surface area contributed by atoms with Gasteiger partial charge in [-0.25, -0.2) is 4.79 Å². The van der Waals surface area contributed by atoms with Crippen molar-refractivity contribution in [3.8, 4) is 0 Å². The van der Waals surface area contributed by atoms with Crippen LogP contribution in [0.1, 0.15) is 39.0 Å². The Morgan fingerprint density at radius 2 is 1.88 bits per heavy atom. The number of hydrogen-bond acceptors (Lipinski definition) is 2. The molecule has 2 amide bonds. The van der Waals surface area contributed by atoms with Crippen molar-refractivity contribution >= 4 is 11.8 Å². The van der Waals surface area contributed by atoms with Crippen LogP contribution in [0.15, 0.2) is 0 Å². The van der Waals surface area contributed by atoms with Crippen LogP contribution in [0.25, 0.3) is 0 Å². The van der Waals surface area contributed by atoms with Crippen LogP contribution in [0.3, 0.4) is 0 Å². The quantitative estimate of drug-likeness (QED) is 0.700. The SMILES string of the molecule is CCC1CN(C(=O)N2CCCCC2)CCC1=O. The standard InChI is InChI=1S/C13H22N2O2/c1-2-11-10-15(9-6-12(11)16)13(17)14-7-4-3-5-8-14/h11H,2-10H2,1H3. The number of likely N-dealkylation sites (tertiary alicyclic amines) is 2. The molecule has 4 nitrogen and oxygen atoms in total. The normalized spacial score (nSPS) is 26.2. The summed E-state index contributed by atoms with van der Waals surface area (Å²) in [4.78, 5) is 27.7. The molecule has 2 aliphatic rings. The van der Waals surface area contributed by atoms with E-state index in [4.69, 9.17) is 0 Å². The summed E-state index contributed by atoms with van der Waals surface area (Å²) in [6.45, 7) is 5.05. The molecule has 2 aliphatic heterocycles. The highest BCUT2D eigenvalue weighted by Gasteiger charge is 2.31. The monoisotopic (exact) mass is 238 g/mol. The van der Waals surface area contributed by atoms with Gasteiger partial charge in [-0.15, -0.1) is 0 Å². The number of piperidine rings is 2. The number of amides is 2. The maximum absolute atomic E-state index is 12.3. The van der Waals surface area contributed by atoms with Crippen LogP contribution < -0.4 is 0 Å². The highest BCUT2D eigenvalue weighted by Crippen LogP contribution is 2.19. The van der Waals surface area contributed by atoms with Gasteiger partial charge >= 0.3 is 6.03 Å². The van der Waals surface area contributed by atoms with Gasteiger partial charge < -0.3 is 9.80 Å². The Labute approximate surface area is 103 Å². The summed E-state index contributed by atoms with van der Waals surface area (Å²) in [5.74, 6) is 0.396. The maximum Gasteiger partial charge on any atom is 0.320 e. The Kier molecular flexibility index (Phi) is 4.02. The first-order valence-electron chi connectivity index (χ1n) is 6.79. The molecular formula is C13H22N2O2. The van der Waals surface area contributed by atoms with Gasteiger partial charge in [0, 0.05) is 38.5 Å². The van der Waals surface area contributed by atoms with E-state index < -0.39 is 0 Å². The zero-order valence-corrected chi connectivity index (χ0v) is 10.7. The van der Waals surface area contributed by atoms with Gasteiger partial charge in [0.05, 0.1) is 0 Å². The zero-order chi connectivity index (χ0) is 12.3. The Balaban J connectivity index is 1.92. The second-order valence-corrected chi connectivity index (χ2v) is 5.10. The van der Waals surface area contributed by atoms with Crippen LogP contribution in [0.2, 0.25) is 0 Å². The zero-order valence-electron chi connectivity index (χ0n) is 10.7. The molecule has 2 saturated heterocycles. The topological polar surface area (TPSA) is 40.6 Å². The van der Waals surface area contributed by atoms with Crippen LogP contribution in [0.5, 0.6) is 0 Å². The van der Waals surface area contributed by atoms with Gasteiger partial charge in [0.15, 0.2) is 0 Å². The lowest BCUT2D eigenvalue weighted by atomic mass is 9.94. The van der Waals surface area contributed by atoms with Crippen molar-refractivity contribution < 1.29 is 9.59 Å². The number of nitrogens with zero attached hydrogens (tertiary/aromatic N) is 2. The number of carbonyl (C=O) groups excluding carboxylic acids is 2. The first-order valence-corrected chi connectivity index (χ1v) is 6.79. The van der Waals surface area contributed by atoms with Crippen LogP contribution in [-0.4, -0.2) is 47.8 Å². The van der Waals surface area contributed by atoms with Crippen LogP contribution >= 0.6 is 0 Å². The van der Waals surface area contributed by atoms with Gasteiger partial charge in [0.2, 0.25) is 0 Å². The first kappa shape index (κ1) is 12.4. The average Bonchev–Trinajstić information content (AvgIpc) is 2.39. The van der Waals surface area contributed by atoms with Gasteiger partial charge in [-0.3, -0.25) is 4.79 Å². The third kappa shape index (κ3) is 2.79. The lowest BCUT2D eigenvalue weighted by Gasteiger charge is -2.37.